The van der Waals surface area contributed by atoms with Crippen molar-refractivity contribution in [2.24, 2.45) is 5.92 Å². The fourth-order valence-corrected chi connectivity index (χ4v) is 2.75. The lowest BCUT2D eigenvalue weighted by atomic mass is 10.0. The Morgan fingerprint density at radius 2 is 2.12 bits per heavy atom. The molecule has 2 heteroatoms. The minimum absolute atomic E-state index is 0.723. The molecule has 0 saturated carbocycles. The first-order valence-corrected chi connectivity index (χ1v) is 7.86. The predicted octanol–water partition coefficient (Wildman–Crippen LogP) is 4.49. The number of hydrogen-bond donors (Lipinski definition) is 1. The van der Waals surface area contributed by atoms with Crippen molar-refractivity contribution in [1.29, 1.82) is 0 Å². The minimum Gasteiger partial charge on any atom is -0.314 e. The molecule has 0 saturated heterocycles. The molecule has 98 valence electrons. The molecule has 1 N–H and O–H groups in total. The van der Waals surface area contributed by atoms with Gasteiger partial charge in [-0.15, -0.1) is 11.3 Å². The first-order chi connectivity index (χ1) is 8.22. The van der Waals surface area contributed by atoms with E-state index in [4.69, 9.17) is 0 Å². The van der Waals surface area contributed by atoms with E-state index in [0.717, 1.165) is 18.5 Å². The van der Waals surface area contributed by atoms with Crippen LogP contribution < -0.4 is 5.32 Å². The molecule has 1 atom stereocenters. The monoisotopic (exact) mass is 253 g/mol. The van der Waals surface area contributed by atoms with Crippen LogP contribution in [-0.2, 0) is 6.42 Å². The van der Waals surface area contributed by atoms with Gasteiger partial charge in [0.25, 0.3) is 0 Å². The van der Waals surface area contributed by atoms with Crippen molar-refractivity contribution < 1.29 is 0 Å². The molecule has 0 aliphatic heterocycles. The third-order valence-electron chi connectivity index (χ3n) is 3.11. The van der Waals surface area contributed by atoms with E-state index in [-0.39, 0.29) is 0 Å². The third kappa shape index (κ3) is 6.85. The topological polar surface area (TPSA) is 12.0 Å². The summed E-state index contributed by atoms with van der Waals surface area (Å²) < 4.78 is 0. The molecule has 1 aromatic heterocycles. The maximum atomic E-state index is 3.67. The fourth-order valence-electron chi connectivity index (χ4n) is 2.00. The largest absolute Gasteiger partial charge is 0.314 e. The second-order valence-electron chi connectivity index (χ2n) is 5.23. The van der Waals surface area contributed by atoms with Crippen LogP contribution in [0.5, 0.6) is 0 Å². The van der Waals surface area contributed by atoms with E-state index >= 15 is 0 Å². The highest BCUT2D eigenvalue weighted by molar-refractivity contribution is 7.09. The van der Waals surface area contributed by atoms with Gasteiger partial charge in [0.05, 0.1) is 0 Å². The van der Waals surface area contributed by atoms with E-state index in [1.807, 2.05) is 11.3 Å². The highest BCUT2D eigenvalue weighted by Crippen LogP contribution is 2.14. The van der Waals surface area contributed by atoms with Crippen LogP contribution in [0.2, 0.25) is 0 Å². The van der Waals surface area contributed by atoms with Gasteiger partial charge in [0.1, 0.15) is 0 Å². The number of aryl methyl sites for hydroxylation is 1. The molecule has 0 aliphatic rings. The summed E-state index contributed by atoms with van der Waals surface area (Å²) in [5, 5.41) is 5.84. The molecule has 0 fully saturated rings. The summed E-state index contributed by atoms with van der Waals surface area (Å²) in [6.07, 6.45) is 6.53. The second kappa shape index (κ2) is 8.71. The van der Waals surface area contributed by atoms with Crippen LogP contribution in [0, 0.1) is 5.92 Å². The highest BCUT2D eigenvalue weighted by Gasteiger charge is 2.06. The lowest BCUT2D eigenvalue weighted by Gasteiger charge is -2.18. The first kappa shape index (κ1) is 14.7. The standard InChI is InChI=1S/C15H27NS/c1-4-14(16-12-13(2)3)8-5-6-9-15-10-7-11-17-15/h7,10-11,13-14,16H,4-6,8-9,12H2,1-3H3. The minimum atomic E-state index is 0.723. The molecule has 1 heterocycles. The van der Waals surface area contributed by atoms with Gasteiger partial charge in [-0.3, -0.25) is 0 Å². The molecule has 0 aliphatic carbocycles. The summed E-state index contributed by atoms with van der Waals surface area (Å²) in [4.78, 5) is 1.54. The molecule has 17 heavy (non-hydrogen) atoms. The lowest BCUT2D eigenvalue weighted by Crippen LogP contribution is -2.31. The van der Waals surface area contributed by atoms with Gasteiger partial charge >= 0.3 is 0 Å². The number of rotatable bonds is 9. The number of thiophene rings is 1. The maximum Gasteiger partial charge on any atom is 0.00645 e. The van der Waals surface area contributed by atoms with Crippen molar-refractivity contribution in [3.8, 4) is 0 Å². The van der Waals surface area contributed by atoms with Crippen LogP contribution in [0.3, 0.4) is 0 Å². The molecule has 0 spiro atoms. The zero-order chi connectivity index (χ0) is 12.5. The van der Waals surface area contributed by atoms with E-state index < -0.39 is 0 Å². The van der Waals surface area contributed by atoms with Crippen LogP contribution in [0.1, 0.15) is 51.3 Å². The van der Waals surface area contributed by atoms with Crippen LogP contribution in [0.15, 0.2) is 17.5 Å². The smallest absolute Gasteiger partial charge is 0.00645 e. The summed E-state index contributed by atoms with van der Waals surface area (Å²) in [7, 11) is 0. The van der Waals surface area contributed by atoms with Crippen molar-refractivity contribution in [3.05, 3.63) is 22.4 Å². The molecule has 1 aromatic rings. The van der Waals surface area contributed by atoms with Gasteiger partial charge in [0.15, 0.2) is 0 Å². The highest BCUT2D eigenvalue weighted by atomic mass is 32.1. The summed E-state index contributed by atoms with van der Waals surface area (Å²) in [6.45, 7) is 7.99. The molecule has 0 aromatic carbocycles. The van der Waals surface area contributed by atoms with E-state index in [1.165, 1.54) is 37.0 Å². The van der Waals surface area contributed by atoms with Crippen molar-refractivity contribution in [2.45, 2.75) is 58.9 Å². The molecular formula is C15H27NS. The van der Waals surface area contributed by atoms with Crippen molar-refractivity contribution in [2.75, 3.05) is 6.54 Å². The normalized spacial score (nSPS) is 13.2. The molecule has 1 nitrogen and oxygen atoms in total. The zero-order valence-corrected chi connectivity index (χ0v) is 12.4. The van der Waals surface area contributed by atoms with Crippen LogP contribution in [0.25, 0.3) is 0 Å². The van der Waals surface area contributed by atoms with Gasteiger partial charge in [-0.1, -0.05) is 33.3 Å². The van der Waals surface area contributed by atoms with E-state index in [2.05, 4.69) is 43.6 Å². The van der Waals surface area contributed by atoms with Gasteiger partial charge < -0.3 is 5.32 Å². The molecular weight excluding hydrogens is 226 g/mol. The Balaban J connectivity index is 2.06. The number of hydrogen-bond acceptors (Lipinski definition) is 2. The average Bonchev–Trinajstić information content (AvgIpc) is 2.81. The fraction of sp³-hybridized carbons (Fsp3) is 0.733. The summed E-state index contributed by atoms with van der Waals surface area (Å²) in [6, 6.07) is 5.12. The summed E-state index contributed by atoms with van der Waals surface area (Å²) in [5.41, 5.74) is 0. The Hall–Kier alpha value is -0.340. The van der Waals surface area contributed by atoms with Crippen LogP contribution in [-0.4, -0.2) is 12.6 Å². The molecule has 0 radical (unpaired) electrons. The van der Waals surface area contributed by atoms with Crippen molar-refractivity contribution >= 4 is 11.3 Å². The van der Waals surface area contributed by atoms with Crippen molar-refractivity contribution in [1.82, 2.24) is 5.32 Å². The Morgan fingerprint density at radius 3 is 2.71 bits per heavy atom. The van der Waals surface area contributed by atoms with E-state index in [9.17, 15) is 0 Å². The average molecular weight is 253 g/mol. The quantitative estimate of drug-likeness (QED) is 0.640. The summed E-state index contributed by atoms with van der Waals surface area (Å²) >= 11 is 1.89. The zero-order valence-electron chi connectivity index (χ0n) is 11.5. The molecule has 1 unspecified atom stereocenters. The summed E-state index contributed by atoms with van der Waals surface area (Å²) in [5.74, 6) is 0.759. The Morgan fingerprint density at radius 1 is 1.29 bits per heavy atom. The van der Waals surface area contributed by atoms with Gasteiger partial charge in [-0.25, -0.2) is 0 Å². The number of nitrogens with one attached hydrogen (secondary N) is 1. The first-order valence-electron chi connectivity index (χ1n) is 6.98. The maximum absolute atomic E-state index is 3.67. The lowest BCUT2D eigenvalue weighted by molar-refractivity contribution is 0.419. The SMILES string of the molecule is CCC(CCCCc1cccs1)NCC(C)C. The molecule has 0 bridgehead atoms. The second-order valence-corrected chi connectivity index (χ2v) is 6.26. The molecule has 1 rings (SSSR count). The van der Waals surface area contributed by atoms with Gasteiger partial charge in [-0.2, -0.15) is 0 Å². The Bertz CT molecular complexity index is 266. The van der Waals surface area contributed by atoms with Gasteiger partial charge in [0.2, 0.25) is 0 Å². The van der Waals surface area contributed by atoms with Crippen LogP contribution >= 0.6 is 11.3 Å². The van der Waals surface area contributed by atoms with Gasteiger partial charge in [0, 0.05) is 10.9 Å². The predicted molar refractivity (Wildman–Crippen MR) is 78.8 cm³/mol. The van der Waals surface area contributed by atoms with E-state index in [1.54, 1.807) is 0 Å². The Labute approximate surface area is 111 Å². The Kier molecular flexibility index (Phi) is 7.54. The van der Waals surface area contributed by atoms with E-state index in [0.29, 0.717) is 0 Å². The third-order valence-corrected chi connectivity index (χ3v) is 4.05. The number of unbranched alkanes of at least 4 members (excludes halogenated alkanes) is 1. The van der Waals surface area contributed by atoms with Gasteiger partial charge in [-0.05, 0) is 49.6 Å². The van der Waals surface area contributed by atoms with Crippen LogP contribution in [0.4, 0.5) is 0 Å². The van der Waals surface area contributed by atoms with Crippen molar-refractivity contribution in [3.63, 3.8) is 0 Å². The molecule has 0 amide bonds.